The molecule has 4 heteroatoms. The first kappa shape index (κ1) is 12.6. The van der Waals surface area contributed by atoms with Gasteiger partial charge in [0.2, 0.25) is 5.91 Å². The summed E-state index contributed by atoms with van der Waals surface area (Å²) in [6, 6.07) is 9.41. The first-order valence-electron chi connectivity index (χ1n) is 6.90. The second-order valence-electron chi connectivity index (χ2n) is 5.41. The lowest BCUT2D eigenvalue weighted by Gasteiger charge is -2.21. The summed E-state index contributed by atoms with van der Waals surface area (Å²) in [4.78, 5) is 11.9. The Bertz CT molecular complexity index is 448. The average molecular weight is 261 g/mol. The molecule has 3 rings (SSSR count). The summed E-state index contributed by atoms with van der Waals surface area (Å²) in [6.45, 7) is 0. The highest BCUT2D eigenvalue weighted by atomic mass is 16.5. The summed E-state index contributed by atoms with van der Waals surface area (Å²) in [5.41, 5.74) is 0.779. The van der Waals surface area contributed by atoms with Crippen LogP contribution in [0.4, 0.5) is 0 Å². The van der Waals surface area contributed by atoms with E-state index in [4.69, 9.17) is 4.74 Å². The number of amides is 1. The van der Waals surface area contributed by atoms with Crippen molar-refractivity contribution in [2.75, 3.05) is 0 Å². The molecule has 102 valence electrons. The Morgan fingerprint density at radius 1 is 1.37 bits per heavy atom. The molecule has 1 aromatic rings. The lowest BCUT2D eigenvalue weighted by atomic mass is 9.95. The van der Waals surface area contributed by atoms with Gasteiger partial charge in [0, 0.05) is 0 Å². The van der Waals surface area contributed by atoms with Crippen LogP contribution in [0, 0.1) is 0 Å². The van der Waals surface area contributed by atoms with Crippen LogP contribution >= 0.6 is 0 Å². The van der Waals surface area contributed by atoms with E-state index in [2.05, 4.69) is 5.32 Å². The molecule has 19 heavy (non-hydrogen) atoms. The lowest BCUT2D eigenvalue weighted by molar-refractivity contribution is -0.124. The number of aliphatic hydroxyl groups is 1. The normalized spacial score (nSPS) is 30.3. The number of ether oxygens (including phenoxy) is 1. The number of benzene rings is 1. The third-order valence-corrected chi connectivity index (χ3v) is 4.02. The van der Waals surface area contributed by atoms with Gasteiger partial charge in [-0.15, -0.1) is 0 Å². The molecule has 2 heterocycles. The predicted octanol–water partition coefficient (Wildman–Crippen LogP) is 1.55. The lowest BCUT2D eigenvalue weighted by Crippen LogP contribution is -2.41. The monoisotopic (exact) mass is 261 g/mol. The van der Waals surface area contributed by atoms with Crippen molar-refractivity contribution >= 4 is 5.91 Å². The van der Waals surface area contributed by atoms with E-state index in [1.165, 1.54) is 0 Å². The molecular weight excluding hydrogens is 242 g/mol. The Morgan fingerprint density at radius 2 is 2.16 bits per heavy atom. The van der Waals surface area contributed by atoms with Crippen LogP contribution in [0.2, 0.25) is 0 Å². The highest BCUT2D eigenvalue weighted by Gasteiger charge is 2.41. The second kappa shape index (κ2) is 5.31. The molecule has 4 nitrogen and oxygen atoms in total. The van der Waals surface area contributed by atoms with Gasteiger partial charge in [-0.1, -0.05) is 30.3 Å². The number of rotatable bonds is 4. The van der Waals surface area contributed by atoms with Crippen molar-refractivity contribution in [2.45, 2.75) is 50.0 Å². The van der Waals surface area contributed by atoms with Crippen molar-refractivity contribution in [1.82, 2.24) is 5.32 Å². The second-order valence-corrected chi connectivity index (χ2v) is 5.41. The minimum Gasteiger partial charge on any atom is -0.388 e. The standard InChI is InChI=1S/C15H19NO3/c17-13(10-4-2-1-3-5-10)9-15(18)16-12-8-11-6-7-14(12)19-11/h1-5,11-14,17H,6-9H2,(H,16,18). The third kappa shape index (κ3) is 2.80. The van der Waals surface area contributed by atoms with Gasteiger partial charge in [0.25, 0.3) is 0 Å². The number of hydrogen-bond donors (Lipinski definition) is 2. The smallest absolute Gasteiger partial charge is 0.223 e. The van der Waals surface area contributed by atoms with Crippen molar-refractivity contribution < 1.29 is 14.6 Å². The van der Waals surface area contributed by atoms with Gasteiger partial charge in [-0.25, -0.2) is 0 Å². The third-order valence-electron chi connectivity index (χ3n) is 4.02. The molecule has 1 aromatic carbocycles. The van der Waals surface area contributed by atoms with E-state index in [0.29, 0.717) is 6.10 Å². The summed E-state index contributed by atoms with van der Waals surface area (Å²) in [6.07, 6.45) is 2.95. The molecule has 0 aromatic heterocycles. The van der Waals surface area contributed by atoms with Crippen LogP contribution in [0.5, 0.6) is 0 Å². The molecular formula is C15H19NO3. The molecule has 2 saturated heterocycles. The zero-order valence-corrected chi connectivity index (χ0v) is 10.8. The zero-order valence-electron chi connectivity index (χ0n) is 10.8. The Kier molecular flexibility index (Phi) is 3.53. The topological polar surface area (TPSA) is 58.6 Å². The van der Waals surface area contributed by atoms with E-state index in [1.807, 2.05) is 30.3 Å². The number of nitrogens with one attached hydrogen (secondary N) is 1. The summed E-state index contributed by atoms with van der Waals surface area (Å²) < 4.78 is 5.70. The fourth-order valence-corrected chi connectivity index (χ4v) is 3.02. The van der Waals surface area contributed by atoms with Gasteiger partial charge in [0.1, 0.15) is 0 Å². The van der Waals surface area contributed by atoms with Crippen molar-refractivity contribution in [1.29, 1.82) is 0 Å². The molecule has 2 bridgehead atoms. The molecule has 0 radical (unpaired) electrons. The molecule has 2 aliphatic rings. The van der Waals surface area contributed by atoms with Crippen LogP contribution < -0.4 is 5.32 Å². The number of hydrogen-bond acceptors (Lipinski definition) is 3. The predicted molar refractivity (Wildman–Crippen MR) is 70.5 cm³/mol. The van der Waals surface area contributed by atoms with Gasteiger partial charge in [-0.05, 0) is 24.8 Å². The summed E-state index contributed by atoms with van der Waals surface area (Å²) >= 11 is 0. The first-order valence-corrected chi connectivity index (χ1v) is 6.90. The highest BCUT2D eigenvalue weighted by molar-refractivity contribution is 5.77. The highest BCUT2D eigenvalue weighted by Crippen LogP contribution is 2.34. The van der Waals surface area contributed by atoms with Crippen molar-refractivity contribution in [2.24, 2.45) is 0 Å². The number of carbonyl (C=O) groups excluding carboxylic acids is 1. The van der Waals surface area contributed by atoms with Crippen LogP contribution in [0.25, 0.3) is 0 Å². The average Bonchev–Trinajstić information content (AvgIpc) is 3.02. The van der Waals surface area contributed by atoms with E-state index in [0.717, 1.165) is 24.8 Å². The zero-order chi connectivity index (χ0) is 13.2. The Hall–Kier alpha value is -1.39. The van der Waals surface area contributed by atoms with Crippen molar-refractivity contribution in [3.05, 3.63) is 35.9 Å². The Morgan fingerprint density at radius 3 is 2.79 bits per heavy atom. The van der Waals surface area contributed by atoms with E-state index < -0.39 is 6.10 Å². The summed E-state index contributed by atoms with van der Waals surface area (Å²) in [5.74, 6) is -0.0995. The molecule has 0 saturated carbocycles. The van der Waals surface area contributed by atoms with Crippen LogP contribution in [0.15, 0.2) is 30.3 Å². The molecule has 2 aliphatic heterocycles. The fraction of sp³-hybridized carbons (Fsp3) is 0.533. The molecule has 2 N–H and O–H groups in total. The molecule has 0 aliphatic carbocycles. The van der Waals surface area contributed by atoms with E-state index in [1.54, 1.807) is 0 Å². The number of carbonyl (C=O) groups is 1. The van der Waals surface area contributed by atoms with Gasteiger partial charge in [0.15, 0.2) is 0 Å². The van der Waals surface area contributed by atoms with Gasteiger partial charge in [-0.2, -0.15) is 0 Å². The Labute approximate surface area is 112 Å². The maximum atomic E-state index is 11.9. The molecule has 2 fully saturated rings. The van der Waals surface area contributed by atoms with Crippen molar-refractivity contribution in [3.63, 3.8) is 0 Å². The summed E-state index contributed by atoms with van der Waals surface area (Å²) in [5, 5.41) is 13.0. The van der Waals surface area contributed by atoms with Gasteiger partial charge in [-0.3, -0.25) is 4.79 Å². The maximum absolute atomic E-state index is 11.9. The van der Waals surface area contributed by atoms with Crippen LogP contribution in [0.1, 0.15) is 37.4 Å². The van der Waals surface area contributed by atoms with Crippen LogP contribution in [-0.2, 0) is 9.53 Å². The maximum Gasteiger partial charge on any atom is 0.223 e. The van der Waals surface area contributed by atoms with Crippen LogP contribution in [-0.4, -0.2) is 29.3 Å². The van der Waals surface area contributed by atoms with Gasteiger partial charge < -0.3 is 15.2 Å². The SMILES string of the molecule is O=C(CC(O)c1ccccc1)NC1CC2CCC1O2. The first-order chi connectivity index (χ1) is 9.22. The fourth-order valence-electron chi connectivity index (χ4n) is 3.02. The number of fused-ring (bicyclic) bond motifs is 2. The minimum atomic E-state index is -0.735. The molecule has 0 spiro atoms. The van der Waals surface area contributed by atoms with E-state index >= 15 is 0 Å². The van der Waals surface area contributed by atoms with E-state index in [9.17, 15) is 9.90 Å². The quantitative estimate of drug-likeness (QED) is 0.864. The minimum absolute atomic E-state index is 0.0995. The van der Waals surface area contributed by atoms with E-state index in [-0.39, 0.29) is 24.5 Å². The summed E-state index contributed by atoms with van der Waals surface area (Å²) in [7, 11) is 0. The molecule has 4 atom stereocenters. The molecule has 1 amide bonds. The number of aliphatic hydroxyl groups excluding tert-OH is 1. The molecule has 4 unspecified atom stereocenters. The van der Waals surface area contributed by atoms with Crippen molar-refractivity contribution in [3.8, 4) is 0 Å². The largest absolute Gasteiger partial charge is 0.388 e. The van der Waals surface area contributed by atoms with Crippen LogP contribution in [0.3, 0.4) is 0 Å². The van der Waals surface area contributed by atoms with Gasteiger partial charge >= 0.3 is 0 Å². The Balaban J connectivity index is 1.51. The van der Waals surface area contributed by atoms with Gasteiger partial charge in [0.05, 0.1) is 30.8 Å².